The van der Waals surface area contributed by atoms with Crippen molar-refractivity contribution in [3.05, 3.63) is 64.1 Å². The van der Waals surface area contributed by atoms with Crippen LogP contribution in [0.25, 0.3) is 0 Å². The summed E-state index contributed by atoms with van der Waals surface area (Å²) in [5.74, 6) is -1.11. The number of carboxylic acid groups (broad SMARTS) is 1. The van der Waals surface area contributed by atoms with Gasteiger partial charge in [-0.1, -0.05) is 36.4 Å². The molecule has 1 atom stereocenters. The number of aromatic hydroxyl groups is 1. The van der Waals surface area contributed by atoms with Crippen LogP contribution in [0.5, 0.6) is 5.75 Å². The monoisotopic (exact) mass is 393 g/mol. The Kier molecular flexibility index (Phi) is 6.20. The van der Waals surface area contributed by atoms with Gasteiger partial charge < -0.3 is 20.3 Å². The number of aliphatic carboxylic acids is 1. The number of hydrogen-bond donors (Lipinski definition) is 3. The molecule has 0 radical (unpaired) electrons. The van der Waals surface area contributed by atoms with Crippen molar-refractivity contribution >= 4 is 28.0 Å². The summed E-state index contributed by atoms with van der Waals surface area (Å²) in [6.45, 7) is 0.0593. The predicted molar refractivity (Wildman–Crippen MR) is 90.7 cm³/mol. The summed E-state index contributed by atoms with van der Waals surface area (Å²) in [5, 5.41) is 21.0. The second-order valence-electron chi connectivity index (χ2n) is 5.09. The fourth-order valence-electron chi connectivity index (χ4n) is 2.02. The third kappa shape index (κ3) is 5.27. The lowest BCUT2D eigenvalue weighted by Gasteiger charge is -2.15. The minimum atomic E-state index is -1.17. The highest BCUT2D eigenvalue weighted by Gasteiger charge is 2.21. The van der Waals surface area contributed by atoms with Gasteiger partial charge in [-0.2, -0.15) is 0 Å². The molecule has 2 aromatic rings. The number of carbonyl (C=O) groups excluding carboxylic acids is 1. The minimum absolute atomic E-state index is 0.0563. The Morgan fingerprint density at radius 1 is 1.12 bits per heavy atom. The van der Waals surface area contributed by atoms with E-state index in [0.29, 0.717) is 10.0 Å². The maximum absolute atomic E-state index is 11.8. The molecule has 0 aliphatic rings. The quantitative estimate of drug-likeness (QED) is 0.700. The molecular formula is C17H16BrNO5. The van der Waals surface area contributed by atoms with Gasteiger partial charge in [0, 0.05) is 6.42 Å². The van der Waals surface area contributed by atoms with Gasteiger partial charge in [0.1, 0.15) is 18.4 Å². The second-order valence-corrected chi connectivity index (χ2v) is 5.94. The van der Waals surface area contributed by atoms with Crippen molar-refractivity contribution in [3.63, 3.8) is 0 Å². The maximum atomic E-state index is 11.8. The fourth-order valence-corrected chi connectivity index (χ4v) is 2.45. The van der Waals surface area contributed by atoms with E-state index in [0.717, 1.165) is 5.56 Å². The molecule has 1 amide bonds. The zero-order valence-corrected chi connectivity index (χ0v) is 14.2. The minimum Gasteiger partial charge on any atom is -0.507 e. The number of halogens is 1. The van der Waals surface area contributed by atoms with Gasteiger partial charge in [0.05, 0.1) is 4.47 Å². The van der Waals surface area contributed by atoms with Gasteiger partial charge >= 0.3 is 12.1 Å². The molecule has 24 heavy (non-hydrogen) atoms. The van der Waals surface area contributed by atoms with Crippen LogP contribution in [-0.2, 0) is 22.6 Å². The van der Waals surface area contributed by atoms with E-state index in [4.69, 9.17) is 4.74 Å². The van der Waals surface area contributed by atoms with E-state index in [-0.39, 0.29) is 18.8 Å². The first kappa shape index (κ1) is 17.8. The fraction of sp³-hybridized carbons (Fsp3) is 0.176. The van der Waals surface area contributed by atoms with E-state index < -0.39 is 18.1 Å². The highest BCUT2D eigenvalue weighted by molar-refractivity contribution is 9.10. The molecule has 0 spiro atoms. The number of ether oxygens (including phenoxy) is 1. The third-order valence-corrected chi connectivity index (χ3v) is 3.89. The van der Waals surface area contributed by atoms with E-state index in [9.17, 15) is 19.8 Å². The molecule has 0 unspecified atom stereocenters. The van der Waals surface area contributed by atoms with Crippen molar-refractivity contribution in [2.24, 2.45) is 0 Å². The summed E-state index contributed by atoms with van der Waals surface area (Å²) in [7, 11) is 0. The summed E-state index contributed by atoms with van der Waals surface area (Å²) in [6.07, 6.45) is -0.738. The zero-order chi connectivity index (χ0) is 17.5. The highest BCUT2D eigenvalue weighted by atomic mass is 79.9. The average Bonchev–Trinajstić information content (AvgIpc) is 2.56. The number of carboxylic acids is 1. The summed E-state index contributed by atoms with van der Waals surface area (Å²) in [6, 6.07) is 12.6. The first-order valence-corrected chi connectivity index (χ1v) is 7.92. The Hall–Kier alpha value is -2.54. The first-order valence-electron chi connectivity index (χ1n) is 7.13. The molecule has 6 nitrogen and oxygen atoms in total. The number of amides is 1. The van der Waals surface area contributed by atoms with Crippen LogP contribution < -0.4 is 5.32 Å². The lowest BCUT2D eigenvalue weighted by atomic mass is 10.1. The molecule has 2 rings (SSSR count). The molecular weight excluding hydrogens is 378 g/mol. The number of hydrogen-bond acceptors (Lipinski definition) is 4. The molecule has 0 aliphatic carbocycles. The van der Waals surface area contributed by atoms with Gasteiger partial charge in [-0.15, -0.1) is 0 Å². The number of rotatable bonds is 6. The molecule has 0 saturated heterocycles. The Bertz CT molecular complexity index is 720. The Morgan fingerprint density at radius 3 is 2.46 bits per heavy atom. The van der Waals surface area contributed by atoms with Crippen LogP contribution in [0.3, 0.4) is 0 Å². The molecule has 7 heteroatoms. The molecule has 0 bridgehead atoms. The topological polar surface area (TPSA) is 95.9 Å². The SMILES string of the molecule is O=C(N[C@@H](Cc1ccc(O)c(Br)c1)C(=O)O)OCc1ccccc1. The van der Waals surface area contributed by atoms with Crippen molar-refractivity contribution in [2.45, 2.75) is 19.1 Å². The van der Waals surface area contributed by atoms with Gasteiger partial charge in [-0.3, -0.25) is 0 Å². The van der Waals surface area contributed by atoms with Crippen molar-refractivity contribution in [1.29, 1.82) is 0 Å². The summed E-state index contributed by atoms with van der Waals surface area (Å²) in [4.78, 5) is 23.1. The molecule has 0 fully saturated rings. The van der Waals surface area contributed by atoms with Crippen molar-refractivity contribution in [3.8, 4) is 5.75 Å². The normalized spacial score (nSPS) is 11.5. The lowest BCUT2D eigenvalue weighted by molar-refractivity contribution is -0.139. The number of phenols is 1. The zero-order valence-electron chi connectivity index (χ0n) is 12.6. The van der Waals surface area contributed by atoms with E-state index in [1.807, 2.05) is 18.2 Å². The third-order valence-electron chi connectivity index (χ3n) is 3.25. The molecule has 0 aromatic heterocycles. The van der Waals surface area contributed by atoms with E-state index in [2.05, 4.69) is 21.2 Å². The smallest absolute Gasteiger partial charge is 0.408 e. The molecule has 126 valence electrons. The molecule has 0 saturated carbocycles. The first-order chi connectivity index (χ1) is 11.5. The standard InChI is InChI=1S/C17H16BrNO5/c18-13-8-12(6-7-15(13)20)9-14(16(21)22)19-17(23)24-10-11-4-2-1-3-5-11/h1-8,14,20H,9-10H2,(H,19,23)(H,21,22)/t14-/m0/s1. The van der Waals surface area contributed by atoms with Crippen LogP contribution >= 0.6 is 15.9 Å². The number of benzene rings is 2. The Balaban J connectivity index is 1.93. The van der Waals surface area contributed by atoms with Gasteiger partial charge in [-0.05, 0) is 39.2 Å². The van der Waals surface area contributed by atoms with E-state index >= 15 is 0 Å². The van der Waals surface area contributed by atoms with Crippen molar-refractivity contribution in [1.82, 2.24) is 5.32 Å². The number of alkyl carbamates (subject to hydrolysis) is 1. The van der Waals surface area contributed by atoms with E-state index in [1.54, 1.807) is 24.3 Å². The lowest BCUT2D eigenvalue weighted by Crippen LogP contribution is -2.42. The number of nitrogens with one attached hydrogen (secondary N) is 1. The highest BCUT2D eigenvalue weighted by Crippen LogP contribution is 2.24. The predicted octanol–water partition coefficient (Wildman–Crippen LogP) is 3.08. The average molecular weight is 394 g/mol. The number of phenolic OH excluding ortho intramolecular Hbond substituents is 1. The summed E-state index contributed by atoms with van der Waals surface area (Å²) < 4.78 is 5.48. The van der Waals surface area contributed by atoms with Crippen LogP contribution in [0, 0.1) is 0 Å². The number of carbonyl (C=O) groups is 2. The van der Waals surface area contributed by atoms with Crippen LogP contribution in [0.4, 0.5) is 4.79 Å². The van der Waals surface area contributed by atoms with Gasteiger partial charge in [-0.25, -0.2) is 9.59 Å². The Labute approximate surface area is 147 Å². The molecule has 0 heterocycles. The van der Waals surface area contributed by atoms with Gasteiger partial charge in [0.2, 0.25) is 0 Å². The molecule has 3 N–H and O–H groups in total. The summed E-state index contributed by atoms with van der Waals surface area (Å²) >= 11 is 3.17. The van der Waals surface area contributed by atoms with Gasteiger partial charge in [0.25, 0.3) is 0 Å². The van der Waals surface area contributed by atoms with Gasteiger partial charge in [0.15, 0.2) is 0 Å². The van der Waals surface area contributed by atoms with Crippen LogP contribution in [0.15, 0.2) is 53.0 Å². The summed E-state index contributed by atoms with van der Waals surface area (Å²) in [5.41, 5.74) is 1.46. The van der Waals surface area contributed by atoms with Crippen LogP contribution in [-0.4, -0.2) is 28.3 Å². The molecule has 0 aliphatic heterocycles. The van der Waals surface area contributed by atoms with Crippen LogP contribution in [0.1, 0.15) is 11.1 Å². The van der Waals surface area contributed by atoms with Crippen molar-refractivity contribution in [2.75, 3.05) is 0 Å². The molecule has 2 aromatic carbocycles. The Morgan fingerprint density at radius 2 is 1.83 bits per heavy atom. The van der Waals surface area contributed by atoms with Crippen molar-refractivity contribution < 1.29 is 24.5 Å². The van der Waals surface area contributed by atoms with E-state index in [1.165, 1.54) is 6.07 Å². The largest absolute Gasteiger partial charge is 0.507 e. The van der Waals surface area contributed by atoms with Crippen LogP contribution in [0.2, 0.25) is 0 Å². The maximum Gasteiger partial charge on any atom is 0.408 e. The second kappa shape index (κ2) is 8.35.